The number of hydrogen-bond donors (Lipinski definition) is 2. The molecule has 1 fully saturated rings. The molecule has 1 amide bonds. The molecular formula is C11H23N3O4S. The lowest BCUT2D eigenvalue weighted by molar-refractivity contribution is 0.175. The summed E-state index contributed by atoms with van der Waals surface area (Å²) in [6, 6.07) is -0.0533. The van der Waals surface area contributed by atoms with Gasteiger partial charge in [-0.3, -0.25) is 0 Å². The molecule has 1 rings (SSSR count). The predicted octanol–water partition coefficient (Wildman–Crippen LogP) is 0.571. The Balaban J connectivity index is 2.78. The number of carbonyl (C=O) groups excluding carboxylic acids is 1. The summed E-state index contributed by atoms with van der Waals surface area (Å²) in [4.78, 5) is 11.1. The summed E-state index contributed by atoms with van der Waals surface area (Å²) >= 11 is 0. The molecule has 0 saturated heterocycles. The second-order valence-electron chi connectivity index (χ2n) is 4.64. The largest absolute Gasteiger partial charge is 0.452 e. The van der Waals surface area contributed by atoms with Gasteiger partial charge in [-0.1, -0.05) is 19.3 Å². The van der Waals surface area contributed by atoms with Crippen molar-refractivity contribution in [3.63, 3.8) is 0 Å². The maximum absolute atomic E-state index is 12.2. The van der Waals surface area contributed by atoms with Gasteiger partial charge in [0.2, 0.25) is 0 Å². The summed E-state index contributed by atoms with van der Waals surface area (Å²) in [6.07, 6.45) is 4.41. The van der Waals surface area contributed by atoms with Gasteiger partial charge in [-0.25, -0.2) is 9.52 Å². The van der Waals surface area contributed by atoms with Crippen LogP contribution in [0.4, 0.5) is 4.79 Å². The second-order valence-corrected chi connectivity index (χ2v) is 6.27. The van der Waals surface area contributed by atoms with Crippen LogP contribution in [0, 0.1) is 0 Å². The number of rotatable bonds is 6. The number of nitrogens with two attached hydrogens (primary N) is 1. The molecule has 1 saturated carbocycles. The van der Waals surface area contributed by atoms with Gasteiger partial charge in [0.25, 0.3) is 0 Å². The molecule has 0 heterocycles. The Kier molecular flexibility index (Phi) is 6.53. The van der Waals surface area contributed by atoms with E-state index in [1.165, 1.54) is 4.31 Å². The molecule has 112 valence electrons. The van der Waals surface area contributed by atoms with E-state index in [4.69, 9.17) is 5.73 Å². The number of carbonyl (C=O) groups is 1. The van der Waals surface area contributed by atoms with E-state index in [-0.39, 0.29) is 6.04 Å². The molecule has 1 aliphatic carbocycles. The van der Waals surface area contributed by atoms with E-state index in [1.54, 1.807) is 0 Å². The Morgan fingerprint density at radius 3 is 2.53 bits per heavy atom. The van der Waals surface area contributed by atoms with E-state index in [2.05, 4.69) is 4.74 Å². The molecule has 3 N–H and O–H groups in total. The van der Waals surface area contributed by atoms with Crippen molar-refractivity contribution in [3.8, 4) is 0 Å². The Labute approximate surface area is 114 Å². The van der Waals surface area contributed by atoms with Gasteiger partial charge in [-0.05, 0) is 25.8 Å². The average molecular weight is 293 g/mol. The lowest BCUT2D eigenvalue weighted by atomic mass is 9.95. The smallest absolute Gasteiger partial charge is 0.421 e. The topological polar surface area (TPSA) is 102 Å². The predicted molar refractivity (Wildman–Crippen MR) is 71.7 cm³/mol. The average Bonchev–Trinajstić information content (AvgIpc) is 2.39. The molecule has 0 aromatic heterocycles. The number of methoxy groups -OCH3 is 1. The Morgan fingerprint density at radius 2 is 2.00 bits per heavy atom. The highest BCUT2D eigenvalue weighted by Gasteiger charge is 2.31. The van der Waals surface area contributed by atoms with Crippen LogP contribution in [-0.2, 0) is 14.9 Å². The Hall–Kier alpha value is -0.860. The first kappa shape index (κ1) is 16.2. The molecule has 0 spiro atoms. The zero-order chi connectivity index (χ0) is 14.3. The maximum Gasteiger partial charge on any atom is 0.421 e. The van der Waals surface area contributed by atoms with Crippen LogP contribution in [0.2, 0.25) is 0 Å². The van der Waals surface area contributed by atoms with Crippen molar-refractivity contribution in [2.75, 3.05) is 20.2 Å². The molecule has 0 atom stereocenters. The summed E-state index contributed by atoms with van der Waals surface area (Å²) in [6.45, 7) is 0.741. The van der Waals surface area contributed by atoms with Crippen molar-refractivity contribution < 1.29 is 17.9 Å². The van der Waals surface area contributed by atoms with Gasteiger partial charge in [0.1, 0.15) is 0 Å². The van der Waals surface area contributed by atoms with E-state index in [1.807, 2.05) is 4.72 Å². The van der Waals surface area contributed by atoms with Crippen LogP contribution in [0.1, 0.15) is 38.5 Å². The standard InChI is InChI=1S/C11H23N3O4S/c1-18-11(15)13-19(16,17)14(9-5-8-12)10-6-3-2-4-7-10/h10H,2-9,12H2,1H3,(H,13,15). The third-order valence-electron chi connectivity index (χ3n) is 3.27. The van der Waals surface area contributed by atoms with E-state index in [0.717, 1.165) is 39.2 Å². The summed E-state index contributed by atoms with van der Waals surface area (Å²) in [5.41, 5.74) is 5.44. The molecule has 0 bridgehead atoms. The lowest BCUT2D eigenvalue weighted by Crippen LogP contribution is -2.49. The quantitative estimate of drug-likeness (QED) is 0.745. The highest BCUT2D eigenvalue weighted by Crippen LogP contribution is 2.24. The van der Waals surface area contributed by atoms with E-state index >= 15 is 0 Å². The number of ether oxygens (including phenoxy) is 1. The van der Waals surface area contributed by atoms with Gasteiger partial charge < -0.3 is 10.5 Å². The summed E-state index contributed by atoms with van der Waals surface area (Å²) in [5, 5.41) is 0. The minimum atomic E-state index is -3.85. The first-order valence-corrected chi connectivity index (χ1v) is 8.03. The number of nitrogens with one attached hydrogen (secondary N) is 1. The molecular weight excluding hydrogens is 270 g/mol. The fourth-order valence-electron chi connectivity index (χ4n) is 2.32. The molecule has 0 aromatic carbocycles. The first-order chi connectivity index (χ1) is 9.01. The van der Waals surface area contributed by atoms with Crippen molar-refractivity contribution in [1.82, 2.24) is 9.03 Å². The van der Waals surface area contributed by atoms with E-state index in [9.17, 15) is 13.2 Å². The van der Waals surface area contributed by atoms with Gasteiger partial charge in [0.05, 0.1) is 7.11 Å². The van der Waals surface area contributed by atoms with Crippen molar-refractivity contribution in [2.45, 2.75) is 44.6 Å². The minimum absolute atomic E-state index is 0.0533. The SMILES string of the molecule is COC(=O)NS(=O)(=O)N(CCCN)C1CCCCC1. The highest BCUT2D eigenvalue weighted by molar-refractivity contribution is 7.87. The third-order valence-corrected chi connectivity index (χ3v) is 4.79. The Bertz CT molecular complexity index is 379. The Morgan fingerprint density at radius 1 is 1.37 bits per heavy atom. The van der Waals surface area contributed by atoms with Crippen molar-refractivity contribution in [3.05, 3.63) is 0 Å². The van der Waals surface area contributed by atoms with Crippen LogP contribution >= 0.6 is 0 Å². The molecule has 19 heavy (non-hydrogen) atoms. The van der Waals surface area contributed by atoms with Crippen LogP contribution in [0.25, 0.3) is 0 Å². The number of nitrogens with zero attached hydrogens (tertiary/aromatic N) is 1. The maximum atomic E-state index is 12.2. The fraction of sp³-hybridized carbons (Fsp3) is 0.909. The van der Waals surface area contributed by atoms with Crippen LogP contribution in [0.3, 0.4) is 0 Å². The number of amides is 1. The van der Waals surface area contributed by atoms with Gasteiger partial charge in [-0.15, -0.1) is 0 Å². The van der Waals surface area contributed by atoms with Gasteiger partial charge >= 0.3 is 16.3 Å². The van der Waals surface area contributed by atoms with Crippen LogP contribution in [0.15, 0.2) is 0 Å². The molecule has 0 aliphatic heterocycles. The third kappa shape index (κ3) is 4.96. The molecule has 0 unspecified atom stereocenters. The fourth-order valence-corrected chi connectivity index (χ4v) is 3.70. The lowest BCUT2D eigenvalue weighted by Gasteiger charge is -2.32. The van der Waals surface area contributed by atoms with Crippen molar-refractivity contribution in [1.29, 1.82) is 0 Å². The molecule has 0 aromatic rings. The molecule has 7 nitrogen and oxygen atoms in total. The molecule has 0 radical (unpaired) electrons. The molecule has 8 heteroatoms. The monoisotopic (exact) mass is 293 g/mol. The number of hydrogen-bond acceptors (Lipinski definition) is 5. The van der Waals surface area contributed by atoms with E-state index < -0.39 is 16.3 Å². The summed E-state index contributed by atoms with van der Waals surface area (Å²) in [5.74, 6) is 0. The first-order valence-electron chi connectivity index (χ1n) is 6.59. The zero-order valence-electron chi connectivity index (χ0n) is 11.3. The normalized spacial score (nSPS) is 17.4. The van der Waals surface area contributed by atoms with Crippen molar-refractivity contribution >= 4 is 16.3 Å². The van der Waals surface area contributed by atoms with Crippen molar-refractivity contribution in [2.24, 2.45) is 5.73 Å². The highest BCUT2D eigenvalue weighted by atomic mass is 32.2. The van der Waals surface area contributed by atoms with Gasteiger partial charge in [0, 0.05) is 12.6 Å². The van der Waals surface area contributed by atoms with Gasteiger partial charge in [-0.2, -0.15) is 12.7 Å². The van der Waals surface area contributed by atoms with Crippen LogP contribution < -0.4 is 10.5 Å². The van der Waals surface area contributed by atoms with Gasteiger partial charge in [0.15, 0.2) is 0 Å². The minimum Gasteiger partial charge on any atom is -0.452 e. The summed E-state index contributed by atoms with van der Waals surface area (Å²) < 4.78 is 32.0. The van der Waals surface area contributed by atoms with Crippen LogP contribution in [-0.4, -0.2) is 45.1 Å². The molecule has 1 aliphatic rings. The summed E-state index contributed by atoms with van der Waals surface area (Å²) in [7, 11) is -2.72. The van der Waals surface area contributed by atoms with E-state index in [0.29, 0.717) is 19.5 Å². The zero-order valence-corrected chi connectivity index (χ0v) is 12.1. The van der Waals surface area contributed by atoms with Crippen LogP contribution in [0.5, 0.6) is 0 Å². The second kappa shape index (κ2) is 7.66.